The van der Waals surface area contributed by atoms with Crippen molar-refractivity contribution in [2.24, 2.45) is 4.99 Å². The number of hydrogen-bond acceptors (Lipinski definition) is 4. The van der Waals surface area contributed by atoms with Crippen molar-refractivity contribution in [1.29, 1.82) is 0 Å². The van der Waals surface area contributed by atoms with Gasteiger partial charge in [0.2, 0.25) is 0 Å². The molecular formula is C13H17N3O. The second kappa shape index (κ2) is 4.13. The highest BCUT2D eigenvalue weighted by Gasteiger charge is 2.39. The van der Waals surface area contributed by atoms with E-state index in [1.807, 2.05) is 30.3 Å². The van der Waals surface area contributed by atoms with Crippen LogP contribution in [0.4, 0.5) is 0 Å². The summed E-state index contributed by atoms with van der Waals surface area (Å²) in [7, 11) is 2.14. The van der Waals surface area contributed by atoms with E-state index in [4.69, 9.17) is 9.83 Å². The van der Waals surface area contributed by atoms with E-state index in [-0.39, 0.29) is 5.72 Å². The van der Waals surface area contributed by atoms with Crippen LogP contribution in [0.5, 0.6) is 0 Å². The molecule has 1 aromatic rings. The van der Waals surface area contributed by atoms with Gasteiger partial charge in [0, 0.05) is 31.5 Å². The fourth-order valence-corrected chi connectivity index (χ4v) is 2.29. The number of hydroxylamine groups is 1. The molecule has 0 aliphatic carbocycles. The second-order valence-corrected chi connectivity index (χ2v) is 4.78. The third-order valence-electron chi connectivity index (χ3n) is 3.47. The molecule has 1 aromatic carbocycles. The van der Waals surface area contributed by atoms with Gasteiger partial charge in [-0.1, -0.05) is 30.3 Å². The van der Waals surface area contributed by atoms with E-state index in [9.17, 15) is 0 Å². The predicted molar refractivity (Wildman–Crippen MR) is 66.7 cm³/mol. The molecule has 0 bridgehead atoms. The largest absolute Gasteiger partial charge is 0.306 e. The summed E-state index contributed by atoms with van der Waals surface area (Å²) in [6.45, 7) is 2.07. The van der Waals surface area contributed by atoms with Gasteiger partial charge in [0.05, 0.1) is 0 Å². The van der Waals surface area contributed by atoms with Crippen molar-refractivity contribution in [3.63, 3.8) is 0 Å². The Labute approximate surface area is 101 Å². The van der Waals surface area contributed by atoms with Crippen molar-refractivity contribution in [3.05, 3.63) is 35.9 Å². The van der Waals surface area contributed by atoms with Crippen LogP contribution in [0.1, 0.15) is 18.4 Å². The zero-order valence-electron chi connectivity index (χ0n) is 10.0. The number of likely N-dealkylation sites (tertiary alicyclic amines) is 1. The van der Waals surface area contributed by atoms with Gasteiger partial charge in [0.15, 0.2) is 11.6 Å². The van der Waals surface area contributed by atoms with Gasteiger partial charge in [0.25, 0.3) is 0 Å². The van der Waals surface area contributed by atoms with Gasteiger partial charge >= 0.3 is 0 Å². The van der Waals surface area contributed by atoms with E-state index in [1.165, 1.54) is 0 Å². The Morgan fingerprint density at radius 3 is 2.65 bits per heavy atom. The van der Waals surface area contributed by atoms with Crippen LogP contribution in [0.25, 0.3) is 0 Å². The first-order chi connectivity index (χ1) is 8.27. The maximum atomic E-state index is 5.72. The number of nitrogens with one attached hydrogen (secondary N) is 1. The monoisotopic (exact) mass is 231 g/mol. The van der Waals surface area contributed by atoms with E-state index < -0.39 is 0 Å². The number of piperidine rings is 1. The summed E-state index contributed by atoms with van der Waals surface area (Å²) in [6, 6.07) is 10.1. The van der Waals surface area contributed by atoms with Crippen molar-refractivity contribution < 1.29 is 4.84 Å². The Morgan fingerprint density at radius 2 is 1.94 bits per heavy atom. The van der Waals surface area contributed by atoms with E-state index in [2.05, 4.69) is 17.4 Å². The number of benzene rings is 1. The summed E-state index contributed by atoms with van der Waals surface area (Å²) in [4.78, 5) is 12.8. The Balaban J connectivity index is 1.81. The molecule has 1 N–H and O–H groups in total. The highest BCUT2D eigenvalue weighted by atomic mass is 16.7. The number of aliphatic imine (C=N–C) groups is 1. The number of amidine groups is 1. The molecule has 2 aliphatic heterocycles. The third-order valence-corrected chi connectivity index (χ3v) is 3.47. The fourth-order valence-electron chi connectivity index (χ4n) is 2.29. The molecule has 3 rings (SSSR count). The Morgan fingerprint density at radius 1 is 1.24 bits per heavy atom. The smallest absolute Gasteiger partial charge is 0.190 e. The Bertz CT molecular complexity index is 422. The maximum absolute atomic E-state index is 5.72. The molecular weight excluding hydrogens is 214 g/mol. The van der Waals surface area contributed by atoms with Gasteiger partial charge < -0.3 is 4.90 Å². The number of hydrogen-bond donors (Lipinski definition) is 1. The van der Waals surface area contributed by atoms with E-state index in [0.29, 0.717) is 0 Å². The first kappa shape index (κ1) is 10.7. The molecule has 4 heteroatoms. The first-order valence-electron chi connectivity index (χ1n) is 6.05. The van der Waals surface area contributed by atoms with Crippen LogP contribution < -0.4 is 5.48 Å². The number of nitrogens with zero attached hydrogens (tertiary/aromatic N) is 2. The van der Waals surface area contributed by atoms with Crippen LogP contribution in [-0.2, 0) is 4.84 Å². The molecule has 2 heterocycles. The van der Waals surface area contributed by atoms with Crippen LogP contribution in [0.15, 0.2) is 35.3 Å². The van der Waals surface area contributed by atoms with E-state index in [1.54, 1.807) is 0 Å². The van der Waals surface area contributed by atoms with Gasteiger partial charge in [0.1, 0.15) is 0 Å². The molecule has 4 nitrogen and oxygen atoms in total. The van der Waals surface area contributed by atoms with Gasteiger partial charge in [-0.05, 0) is 7.05 Å². The third kappa shape index (κ3) is 2.06. The molecule has 0 saturated carbocycles. The van der Waals surface area contributed by atoms with Crippen LogP contribution in [0.2, 0.25) is 0 Å². The minimum atomic E-state index is -0.336. The van der Waals surface area contributed by atoms with E-state index >= 15 is 0 Å². The topological polar surface area (TPSA) is 36.9 Å². The van der Waals surface area contributed by atoms with E-state index in [0.717, 1.165) is 37.3 Å². The Hall–Kier alpha value is -1.39. The summed E-state index contributed by atoms with van der Waals surface area (Å²) in [5.74, 6) is 0.857. The predicted octanol–water partition coefficient (Wildman–Crippen LogP) is 1.39. The lowest BCUT2D eigenvalue weighted by Crippen LogP contribution is -2.42. The average molecular weight is 231 g/mol. The lowest BCUT2D eigenvalue weighted by molar-refractivity contribution is -0.0863. The van der Waals surface area contributed by atoms with Crippen LogP contribution in [0, 0.1) is 0 Å². The van der Waals surface area contributed by atoms with Crippen molar-refractivity contribution in [2.45, 2.75) is 18.6 Å². The highest BCUT2D eigenvalue weighted by Crippen LogP contribution is 2.30. The highest BCUT2D eigenvalue weighted by molar-refractivity contribution is 5.99. The zero-order chi connectivity index (χ0) is 11.7. The molecule has 1 spiro atoms. The van der Waals surface area contributed by atoms with Crippen LogP contribution in [-0.4, -0.2) is 36.6 Å². The van der Waals surface area contributed by atoms with Gasteiger partial charge in [-0.25, -0.2) is 15.3 Å². The SMILES string of the molecule is CN1CCC2(CC1)N=C(c1ccccc1)NO2. The number of rotatable bonds is 1. The molecule has 0 radical (unpaired) electrons. The summed E-state index contributed by atoms with van der Waals surface area (Å²) in [6.07, 6.45) is 1.90. The van der Waals surface area contributed by atoms with Crippen LogP contribution in [0.3, 0.4) is 0 Å². The molecule has 0 atom stereocenters. The van der Waals surface area contributed by atoms with Crippen molar-refractivity contribution in [2.75, 3.05) is 20.1 Å². The fraction of sp³-hybridized carbons (Fsp3) is 0.462. The molecule has 2 aliphatic rings. The standard InChI is InChI=1S/C13H17N3O/c1-16-9-7-13(8-10-16)14-12(15-17-13)11-5-3-2-4-6-11/h2-6H,7-10H2,1H3,(H,14,15). The average Bonchev–Trinajstić information content (AvgIpc) is 2.79. The van der Waals surface area contributed by atoms with Crippen LogP contribution >= 0.6 is 0 Å². The molecule has 17 heavy (non-hydrogen) atoms. The normalized spacial score (nSPS) is 23.5. The summed E-state index contributed by atoms with van der Waals surface area (Å²) >= 11 is 0. The maximum Gasteiger partial charge on any atom is 0.190 e. The molecule has 1 saturated heterocycles. The summed E-state index contributed by atoms with van der Waals surface area (Å²) in [5.41, 5.74) is 3.73. The lowest BCUT2D eigenvalue weighted by atomic mass is 10.0. The molecule has 0 amide bonds. The van der Waals surface area contributed by atoms with Gasteiger partial charge in [-0.3, -0.25) is 0 Å². The molecule has 1 fully saturated rings. The van der Waals surface area contributed by atoms with Crippen molar-refractivity contribution in [3.8, 4) is 0 Å². The summed E-state index contributed by atoms with van der Waals surface area (Å²) < 4.78 is 0. The van der Waals surface area contributed by atoms with Crippen molar-refractivity contribution >= 4 is 5.84 Å². The molecule has 0 unspecified atom stereocenters. The molecule has 90 valence electrons. The minimum Gasteiger partial charge on any atom is -0.306 e. The minimum absolute atomic E-state index is 0.336. The Kier molecular flexibility index (Phi) is 2.61. The van der Waals surface area contributed by atoms with Gasteiger partial charge in [-0.15, -0.1) is 0 Å². The lowest BCUT2D eigenvalue weighted by Gasteiger charge is -2.33. The zero-order valence-corrected chi connectivity index (χ0v) is 10.0. The summed E-state index contributed by atoms with van der Waals surface area (Å²) in [5, 5.41) is 0. The second-order valence-electron chi connectivity index (χ2n) is 4.78. The van der Waals surface area contributed by atoms with Gasteiger partial charge in [-0.2, -0.15) is 0 Å². The van der Waals surface area contributed by atoms with Crippen molar-refractivity contribution in [1.82, 2.24) is 10.4 Å². The molecule has 0 aromatic heterocycles. The first-order valence-corrected chi connectivity index (χ1v) is 6.05. The quantitative estimate of drug-likeness (QED) is 0.793.